The average molecular weight is 457 g/mol. The van der Waals surface area contributed by atoms with E-state index in [2.05, 4.69) is 44.2 Å². The number of ether oxygens (including phenoxy) is 5. The van der Waals surface area contributed by atoms with Gasteiger partial charge < -0.3 is 23.7 Å². The molecular weight excluding hydrogens is 416 g/mol. The Kier molecular flexibility index (Phi) is 9.75. The van der Waals surface area contributed by atoms with Gasteiger partial charge >= 0.3 is 0 Å². The summed E-state index contributed by atoms with van der Waals surface area (Å²) in [6, 6.07) is 11.5. The smallest absolute Gasteiger partial charge is 0.122 e. The first-order valence-corrected chi connectivity index (χ1v) is 12.0. The van der Waals surface area contributed by atoms with E-state index in [-0.39, 0.29) is 5.41 Å². The Hall–Kier alpha value is -1.92. The van der Waals surface area contributed by atoms with Crippen LogP contribution in [0.25, 0.3) is 11.1 Å². The molecule has 5 heteroatoms. The summed E-state index contributed by atoms with van der Waals surface area (Å²) in [5.74, 6) is 0.946. The molecule has 0 spiro atoms. The molecule has 1 aliphatic rings. The van der Waals surface area contributed by atoms with E-state index in [0.29, 0.717) is 26.4 Å². The van der Waals surface area contributed by atoms with Gasteiger partial charge in [0.15, 0.2) is 0 Å². The van der Waals surface area contributed by atoms with Crippen LogP contribution in [0.15, 0.2) is 30.3 Å². The number of rotatable bonds is 15. The van der Waals surface area contributed by atoms with Gasteiger partial charge in [0.25, 0.3) is 0 Å². The first-order valence-electron chi connectivity index (χ1n) is 12.0. The van der Waals surface area contributed by atoms with Gasteiger partial charge in [-0.05, 0) is 73.4 Å². The van der Waals surface area contributed by atoms with Crippen molar-refractivity contribution in [2.45, 2.75) is 44.9 Å². The maximum Gasteiger partial charge on any atom is 0.122 e. The second-order valence-corrected chi connectivity index (χ2v) is 8.92. The van der Waals surface area contributed by atoms with Crippen molar-refractivity contribution < 1.29 is 23.7 Å². The van der Waals surface area contributed by atoms with Gasteiger partial charge in [0, 0.05) is 32.8 Å². The van der Waals surface area contributed by atoms with Crippen LogP contribution in [0.4, 0.5) is 0 Å². The normalized spacial score (nSPS) is 13.7. The van der Waals surface area contributed by atoms with Gasteiger partial charge in [0.2, 0.25) is 0 Å². The number of hydrogen-bond acceptors (Lipinski definition) is 5. The number of aryl methyl sites for hydroxylation is 2. The third kappa shape index (κ3) is 5.96. The first kappa shape index (κ1) is 25.7. The molecule has 0 bridgehead atoms. The summed E-state index contributed by atoms with van der Waals surface area (Å²) in [5, 5.41) is 0. The van der Waals surface area contributed by atoms with Crippen molar-refractivity contribution in [2.24, 2.45) is 0 Å². The lowest BCUT2D eigenvalue weighted by Crippen LogP contribution is -2.27. The van der Waals surface area contributed by atoms with Crippen molar-refractivity contribution in [1.82, 2.24) is 0 Å². The van der Waals surface area contributed by atoms with Crippen molar-refractivity contribution in [3.05, 3.63) is 52.6 Å². The van der Waals surface area contributed by atoms with Crippen molar-refractivity contribution >= 4 is 0 Å². The van der Waals surface area contributed by atoms with Crippen molar-refractivity contribution in [3.8, 4) is 16.9 Å². The third-order valence-electron chi connectivity index (χ3n) is 6.68. The molecule has 0 N–H and O–H groups in total. The second kappa shape index (κ2) is 12.5. The zero-order valence-electron chi connectivity index (χ0n) is 21.0. The Morgan fingerprint density at radius 3 is 1.85 bits per heavy atom. The standard InChI is InChI=1S/C28H40O5/c1-21-8-9-23-24-20-27(31-5)22(2)19-26(24)28(25(23)18-21,10-6-12-32-16-14-29-3)11-7-13-33-17-15-30-4/h8-9,18-20H,6-7,10-17H2,1-5H3. The van der Waals surface area contributed by atoms with Gasteiger partial charge in [-0.25, -0.2) is 0 Å². The number of fused-ring (bicyclic) bond motifs is 3. The topological polar surface area (TPSA) is 46.2 Å². The summed E-state index contributed by atoms with van der Waals surface area (Å²) in [6.45, 7) is 8.34. The summed E-state index contributed by atoms with van der Waals surface area (Å²) in [7, 11) is 5.17. The molecule has 182 valence electrons. The molecule has 0 amide bonds. The van der Waals surface area contributed by atoms with Crippen LogP contribution in [0.1, 0.15) is 47.9 Å². The fraction of sp³-hybridized carbons (Fsp3) is 0.571. The second-order valence-electron chi connectivity index (χ2n) is 8.92. The molecule has 3 rings (SSSR count). The molecule has 0 saturated carbocycles. The van der Waals surface area contributed by atoms with Crippen LogP contribution in [-0.2, 0) is 24.4 Å². The maximum absolute atomic E-state index is 5.83. The highest BCUT2D eigenvalue weighted by Crippen LogP contribution is 2.55. The third-order valence-corrected chi connectivity index (χ3v) is 6.68. The van der Waals surface area contributed by atoms with Gasteiger partial charge in [-0.15, -0.1) is 0 Å². The number of hydrogen-bond donors (Lipinski definition) is 0. The molecule has 0 heterocycles. The molecule has 2 aromatic carbocycles. The molecular formula is C28H40O5. The van der Waals surface area contributed by atoms with Crippen molar-refractivity contribution in [1.29, 1.82) is 0 Å². The van der Waals surface area contributed by atoms with E-state index in [4.69, 9.17) is 23.7 Å². The Morgan fingerprint density at radius 2 is 1.27 bits per heavy atom. The SMILES string of the molecule is COCCOCCCC1(CCCOCCOC)c2cc(C)ccc2-c2cc(OC)c(C)cc21. The molecule has 1 aliphatic carbocycles. The largest absolute Gasteiger partial charge is 0.496 e. The fourth-order valence-electron chi connectivity index (χ4n) is 5.07. The Bertz CT molecular complexity index is 876. The minimum atomic E-state index is -0.0526. The van der Waals surface area contributed by atoms with Gasteiger partial charge in [-0.2, -0.15) is 0 Å². The number of benzene rings is 2. The van der Waals surface area contributed by atoms with E-state index in [1.54, 1.807) is 21.3 Å². The van der Waals surface area contributed by atoms with Crippen LogP contribution in [0.3, 0.4) is 0 Å². The minimum Gasteiger partial charge on any atom is -0.496 e. The van der Waals surface area contributed by atoms with Gasteiger partial charge in [0.1, 0.15) is 5.75 Å². The van der Waals surface area contributed by atoms with E-state index in [1.807, 2.05) is 0 Å². The average Bonchev–Trinajstić information content (AvgIpc) is 3.06. The molecule has 0 aliphatic heterocycles. The Labute approximate surface area is 199 Å². The van der Waals surface area contributed by atoms with E-state index in [9.17, 15) is 0 Å². The van der Waals surface area contributed by atoms with Crippen LogP contribution in [-0.4, -0.2) is 61.0 Å². The van der Waals surface area contributed by atoms with Crippen LogP contribution >= 0.6 is 0 Å². The lowest BCUT2D eigenvalue weighted by molar-refractivity contribution is 0.0629. The molecule has 0 radical (unpaired) electrons. The maximum atomic E-state index is 5.83. The summed E-state index contributed by atoms with van der Waals surface area (Å²) < 4.78 is 27.6. The van der Waals surface area contributed by atoms with Gasteiger partial charge in [0.05, 0.1) is 33.5 Å². The molecule has 0 unspecified atom stereocenters. The highest BCUT2D eigenvalue weighted by atomic mass is 16.5. The zero-order chi connectivity index (χ0) is 23.7. The van der Waals surface area contributed by atoms with Crippen LogP contribution in [0, 0.1) is 13.8 Å². The predicted molar refractivity (Wildman–Crippen MR) is 133 cm³/mol. The predicted octanol–water partition coefficient (Wildman–Crippen LogP) is 5.46. The van der Waals surface area contributed by atoms with Crippen LogP contribution < -0.4 is 4.74 Å². The molecule has 0 fully saturated rings. The fourth-order valence-corrected chi connectivity index (χ4v) is 5.07. The van der Waals surface area contributed by atoms with Crippen molar-refractivity contribution in [2.75, 3.05) is 61.0 Å². The number of methoxy groups -OCH3 is 3. The summed E-state index contributed by atoms with van der Waals surface area (Å²) >= 11 is 0. The monoisotopic (exact) mass is 456 g/mol. The lowest BCUT2D eigenvalue weighted by atomic mass is 9.71. The molecule has 5 nitrogen and oxygen atoms in total. The van der Waals surface area contributed by atoms with E-state index in [1.165, 1.54) is 33.4 Å². The van der Waals surface area contributed by atoms with Crippen LogP contribution in [0.2, 0.25) is 0 Å². The molecule has 0 aromatic heterocycles. The van der Waals surface area contributed by atoms with E-state index >= 15 is 0 Å². The Balaban J connectivity index is 1.92. The molecule has 0 atom stereocenters. The van der Waals surface area contributed by atoms with Gasteiger partial charge in [-0.3, -0.25) is 0 Å². The molecule has 0 saturated heterocycles. The Morgan fingerprint density at radius 1 is 0.667 bits per heavy atom. The molecule has 33 heavy (non-hydrogen) atoms. The first-order chi connectivity index (χ1) is 16.1. The minimum absolute atomic E-state index is 0.0526. The van der Waals surface area contributed by atoms with E-state index in [0.717, 1.165) is 44.6 Å². The lowest BCUT2D eigenvalue weighted by Gasteiger charge is -2.33. The quantitative estimate of drug-likeness (QED) is 0.333. The highest BCUT2D eigenvalue weighted by molar-refractivity contribution is 5.83. The van der Waals surface area contributed by atoms with Crippen LogP contribution in [0.5, 0.6) is 5.75 Å². The molecule has 2 aromatic rings. The highest BCUT2D eigenvalue weighted by Gasteiger charge is 2.42. The zero-order valence-corrected chi connectivity index (χ0v) is 21.0. The van der Waals surface area contributed by atoms with Crippen molar-refractivity contribution in [3.63, 3.8) is 0 Å². The van der Waals surface area contributed by atoms with Gasteiger partial charge in [-0.1, -0.05) is 29.8 Å². The van der Waals surface area contributed by atoms with E-state index < -0.39 is 0 Å². The summed E-state index contributed by atoms with van der Waals surface area (Å²) in [4.78, 5) is 0. The summed E-state index contributed by atoms with van der Waals surface area (Å²) in [6.07, 6.45) is 4.05. The summed E-state index contributed by atoms with van der Waals surface area (Å²) in [5.41, 5.74) is 7.89.